The Kier molecular flexibility index (Phi) is 18.1. The molecule has 0 saturated carbocycles. The topological polar surface area (TPSA) is 52.6 Å². The first-order chi connectivity index (χ1) is 12.1. The third kappa shape index (κ3) is 19.8. The number of unbranched alkanes of at least 4 members (excludes halogenated alkanes) is 12. The number of hydrogen-bond donors (Lipinski definition) is 0. The molecule has 4 nitrogen and oxygen atoms in total. The third-order valence-electron chi connectivity index (χ3n) is 4.15. The minimum Gasteiger partial charge on any atom is -0.248 e. The Labute approximate surface area is 156 Å². The Morgan fingerprint density at radius 1 is 0.640 bits per heavy atom. The highest BCUT2D eigenvalue weighted by atomic mass is 32.3. The molecule has 0 atom stereocenters. The lowest BCUT2D eigenvalue weighted by molar-refractivity contribution is 0.218. The van der Waals surface area contributed by atoms with Crippen molar-refractivity contribution >= 4 is 10.4 Å². The zero-order valence-corrected chi connectivity index (χ0v) is 17.3. The number of hydrogen-bond acceptors (Lipinski definition) is 4. The van der Waals surface area contributed by atoms with Gasteiger partial charge in [0.1, 0.15) is 0 Å². The van der Waals surface area contributed by atoms with Gasteiger partial charge in [0.2, 0.25) is 0 Å². The van der Waals surface area contributed by atoms with Crippen LogP contribution in [0.15, 0.2) is 12.2 Å². The van der Waals surface area contributed by atoms with Gasteiger partial charge in [-0.05, 0) is 39.0 Å². The van der Waals surface area contributed by atoms with Gasteiger partial charge in [-0.25, -0.2) is 8.37 Å². The van der Waals surface area contributed by atoms with Gasteiger partial charge in [0.25, 0.3) is 0 Å². The van der Waals surface area contributed by atoms with Crippen LogP contribution in [0.1, 0.15) is 104 Å². The van der Waals surface area contributed by atoms with Gasteiger partial charge >= 0.3 is 10.4 Å². The number of allylic oxidation sites excluding steroid dienone is 2. The quantitative estimate of drug-likeness (QED) is 0.195. The van der Waals surface area contributed by atoms with E-state index in [1.807, 2.05) is 0 Å². The lowest BCUT2D eigenvalue weighted by Gasteiger charge is -2.04. The smallest absolute Gasteiger partial charge is 0.248 e. The van der Waals surface area contributed by atoms with Crippen molar-refractivity contribution in [2.75, 3.05) is 13.2 Å². The van der Waals surface area contributed by atoms with Crippen molar-refractivity contribution < 1.29 is 16.8 Å². The van der Waals surface area contributed by atoms with Crippen LogP contribution in [0.4, 0.5) is 0 Å². The van der Waals surface area contributed by atoms with Crippen molar-refractivity contribution in [1.82, 2.24) is 0 Å². The van der Waals surface area contributed by atoms with Crippen molar-refractivity contribution in [3.8, 4) is 0 Å². The summed E-state index contributed by atoms with van der Waals surface area (Å²) in [7, 11) is -3.76. The lowest BCUT2D eigenvalue weighted by Crippen LogP contribution is -2.10. The standard InChI is InChI=1S/C20H40O4S/c1-3-5-6-7-8-9-10-11-12-13-14-15-16-17-18-19-20-24-25(21,22)23-4-2/h11-12H,3-10,13-20H2,1-2H3/b12-11-. The van der Waals surface area contributed by atoms with Gasteiger partial charge < -0.3 is 0 Å². The minimum atomic E-state index is -3.76. The van der Waals surface area contributed by atoms with E-state index in [0.29, 0.717) is 0 Å². The maximum absolute atomic E-state index is 11.1. The number of rotatable bonds is 19. The summed E-state index contributed by atoms with van der Waals surface area (Å²) in [4.78, 5) is 0. The van der Waals surface area contributed by atoms with Gasteiger partial charge in [-0.3, -0.25) is 0 Å². The molecule has 25 heavy (non-hydrogen) atoms. The second-order valence-corrected chi connectivity index (χ2v) is 7.86. The van der Waals surface area contributed by atoms with Gasteiger partial charge in [-0.15, -0.1) is 0 Å². The Morgan fingerprint density at radius 3 is 1.64 bits per heavy atom. The van der Waals surface area contributed by atoms with Crippen molar-refractivity contribution in [2.24, 2.45) is 0 Å². The molecule has 0 bridgehead atoms. The maximum Gasteiger partial charge on any atom is 0.399 e. The zero-order valence-electron chi connectivity index (χ0n) is 16.5. The van der Waals surface area contributed by atoms with Gasteiger partial charge in [0, 0.05) is 0 Å². The first kappa shape index (κ1) is 24.6. The summed E-state index contributed by atoms with van der Waals surface area (Å²) >= 11 is 0. The fraction of sp³-hybridized carbons (Fsp3) is 0.900. The molecule has 0 fully saturated rings. The van der Waals surface area contributed by atoms with Crippen molar-refractivity contribution in [2.45, 2.75) is 104 Å². The van der Waals surface area contributed by atoms with E-state index in [0.717, 1.165) is 19.3 Å². The maximum atomic E-state index is 11.1. The normalized spacial score (nSPS) is 12.2. The van der Waals surface area contributed by atoms with E-state index < -0.39 is 10.4 Å². The van der Waals surface area contributed by atoms with Gasteiger partial charge in [0.05, 0.1) is 13.2 Å². The molecule has 0 aromatic heterocycles. The minimum absolute atomic E-state index is 0.121. The van der Waals surface area contributed by atoms with E-state index in [-0.39, 0.29) is 13.2 Å². The van der Waals surface area contributed by atoms with Crippen LogP contribution in [0.25, 0.3) is 0 Å². The van der Waals surface area contributed by atoms with Crippen molar-refractivity contribution in [3.63, 3.8) is 0 Å². The average Bonchev–Trinajstić information content (AvgIpc) is 2.57. The second-order valence-electron chi connectivity index (χ2n) is 6.57. The first-order valence-corrected chi connectivity index (χ1v) is 11.6. The van der Waals surface area contributed by atoms with Crippen LogP contribution in [-0.2, 0) is 18.8 Å². The summed E-state index contributed by atoms with van der Waals surface area (Å²) in [6, 6.07) is 0. The highest BCUT2D eigenvalue weighted by molar-refractivity contribution is 7.81. The van der Waals surface area contributed by atoms with Gasteiger partial charge in [-0.1, -0.05) is 76.9 Å². The summed E-state index contributed by atoms with van der Waals surface area (Å²) < 4.78 is 31.5. The van der Waals surface area contributed by atoms with Crippen LogP contribution < -0.4 is 0 Å². The fourth-order valence-corrected chi connectivity index (χ4v) is 3.37. The molecule has 0 aromatic rings. The van der Waals surface area contributed by atoms with Crippen LogP contribution in [0.2, 0.25) is 0 Å². The monoisotopic (exact) mass is 376 g/mol. The van der Waals surface area contributed by atoms with Crippen LogP contribution >= 0.6 is 0 Å². The predicted octanol–water partition coefficient (Wildman–Crippen LogP) is 6.32. The molecule has 0 heterocycles. The molecule has 0 radical (unpaired) electrons. The average molecular weight is 377 g/mol. The molecule has 0 unspecified atom stereocenters. The molecular weight excluding hydrogens is 336 g/mol. The Balaban J connectivity index is 3.22. The highest BCUT2D eigenvalue weighted by Crippen LogP contribution is 2.10. The first-order valence-electron chi connectivity index (χ1n) is 10.3. The van der Waals surface area contributed by atoms with E-state index in [1.165, 1.54) is 70.6 Å². The molecule has 0 N–H and O–H groups in total. The molecule has 150 valence electrons. The molecule has 0 amide bonds. The van der Waals surface area contributed by atoms with Crippen molar-refractivity contribution in [1.29, 1.82) is 0 Å². The third-order valence-corrected chi connectivity index (χ3v) is 5.13. The van der Waals surface area contributed by atoms with Crippen LogP contribution in [0.5, 0.6) is 0 Å². The molecule has 5 heteroatoms. The molecule has 0 spiro atoms. The van der Waals surface area contributed by atoms with E-state index in [4.69, 9.17) is 4.18 Å². The molecular formula is C20H40O4S. The zero-order chi connectivity index (χ0) is 18.6. The summed E-state index contributed by atoms with van der Waals surface area (Å²) in [5, 5.41) is 0. The molecule has 0 rings (SSSR count). The van der Waals surface area contributed by atoms with Gasteiger partial charge in [0.15, 0.2) is 0 Å². The van der Waals surface area contributed by atoms with Crippen LogP contribution in [0, 0.1) is 0 Å². The SMILES string of the molecule is CCCCCCCC/C=C\CCCCCCCCOS(=O)(=O)OCC. The molecule has 0 aliphatic rings. The molecule has 0 aliphatic heterocycles. The molecule has 0 saturated heterocycles. The van der Waals surface area contributed by atoms with Crippen molar-refractivity contribution in [3.05, 3.63) is 12.2 Å². The van der Waals surface area contributed by atoms with Crippen LogP contribution in [-0.4, -0.2) is 21.6 Å². The fourth-order valence-electron chi connectivity index (χ4n) is 2.69. The van der Waals surface area contributed by atoms with E-state index in [2.05, 4.69) is 23.3 Å². The van der Waals surface area contributed by atoms with E-state index in [1.54, 1.807) is 6.92 Å². The summed E-state index contributed by atoms with van der Waals surface area (Å²) in [5.41, 5.74) is 0. The molecule has 0 aliphatic carbocycles. The Morgan fingerprint density at radius 2 is 1.12 bits per heavy atom. The summed E-state index contributed by atoms with van der Waals surface area (Å²) in [6.45, 7) is 4.23. The largest absolute Gasteiger partial charge is 0.399 e. The summed E-state index contributed by atoms with van der Waals surface area (Å²) in [6.07, 6.45) is 21.9. The second kappa shape index (κ2) is 18.4. The van der Waals surface area contributed by atoms with E-state index >= 15 is 0 Å². The highest BCUT2D eigenvalue weighted by Gasteiger charge is 2.09. The van der Waals surface area contributed by atoms with Gasteiger partial charge in [-0.2, -0.15) is 8.42 Å². The van der Waals surface area contributed by atoms with Crippen LogP contribution in [0.3, 0.4) is 0 Å². The lowest BCUT2D eigenvalue weighted by atomic mass is 10.1. The molecule has 0 aromatic carbocycles. The Hall–Kier alpha value is -0.390. The van der Waals surface area contributed by atoms with E-state index in [9.17, 15) is 8.42 Å². The summed E-state index contributed by atoms with van der Waals surface area (Å²) in [5.74, 6) is 0. The predicted molar refractivity (Wildman–Crippen MR) is 106 cm³/mol. The Bertz CT molecular complexity index is 391.